The van der Waals surface area contributed by atoms with Crippen LogP contribution in [-0.4, -0.2) is 53.5 Å². The number of hydrogen-bond acceptors (Lipinski definition) is 5. The van der Waals surface area contributed by atoms with Gasteiger partial charge in [0.25, 0.3) is 5.91 Å². The van der Waals surface area contributed by atoms with E-state index in [0.717, 1.165) is 25.1 Å². The van der Waals surface area contributed by atoms with Gasteiger partial charge in [0.05, 0.1) is 16.9 Å². The van der Waals surface area contributed by atoms with Crippen molar-refractivity contribution in [3.63, 3.8) is 0 Å². The van der Waals surface area contributed by atoms with Crippen LogP contribution in [0.2, 0.25) is 0 Å². The zero-order valence-corrected chi connectivity index (χ0v) is 17.2. The monoisotopic (exact) mass is 387 g/mol. The number of anilines is 2. The summed E-state index contributed by atoms with van der Waals surface area (Å²) in [5, 5.41) is 2.89. The smallest absolute Gasteiger partial charge is 0.338 e. The Kier molecular flexibility index (Phi) is 5.63. The van der Waals surface area contributed by atoms with E-state index in [1.165, 1.54) is 0 Å². The van der Waals surface area contributed by atoms with Crippen LogP contribution in [0.15, 0.2) is 18.2 Å². The molecule has 0 radical (unpaired) electrons. The molecule has 2 heterocycles. The first kappa shape index (κ1) is 20.2. The number of hydrogen-bond donors (Lipinski definition) is 1. The van der Waals surface area contributed by atoms with Gasteiger partial charge < -0.3 is 19.9 Å². The summed E-state index contributed by atoms with van der Waals surface area (Å²) in [6, 6.07) is 5.06. The zero-order chi connectivity index (χ0) is 20.6. The van der Waals surface area contributed by atoms with E-state index in [4.69, 9.17) is 4.74 Å². The molecule has 3 rings (SSSR count). The van der Waals surface area contributed by atoms with E-state index in [2.05, 4.69) is 10.2 Å². The maximum absolute atomic E-state index is 12.7. The zero-order valence-electron chi connectivity index (χ0n) is 17.2. The minimum atomic E-state index is -0.883. The summed E-state index contributed by atoms with van der Waals surface area (Å²) < 4.78 is 5.43. The Morgan fingerprint density at radius 1 is 1.18 bits per heavy atom. The van der Waals surface area contributed by atoms with E-state index < -0.39 is 12.1 Å². The predicted molar refractivity (Wildman–Crippen MR) is 107 cm³/mol. The second kappa shape index (κ2) is 7.81. The van der Waals surface area contributed by atoms with Gasteiger partial charge >= 0.3 is 5.97 Å². The molecule has 7 nitrogen and oxygen atoms in total. The van der Waals surface area contributed by atoms with Gasteiger partial charge in [-0.1, -0.05) is 0 Å². The van der Waals surface area contributed by atoms with Crippen molar-refractivity contribution in [3.05, 3.63) is 23.8 Å². The summed E-state index contributed by atoms with van der Waals surface area (Å²) in [6.45, 7) is 10.2. The lowest BCUT2D eigenvalue weighted by Gasteiger charge is -2.33. The number of esters is 1. The lowest BCUT2D eigenvalue weighted by atomic mass is 10.1. The Hall–Kier alpha value is -2.57. The summed E-state index contributed by atoms with van der Waals surface area (Å²) in [4.78, 5) is 41.3. The van der Waals surface area contributed by atoms with Gasteiger partial charge in [-0.25, -0.2) is 4.79 Å². The molecule has 0 saturated carbocycles. The van der Waals surface area contributed by atoms with Crippen molar-refractivity contribution >= 4 is 29.2 Å². The number of rotatable bonds is 5. The first-order valence-corrected chi connectivity index (χ1v) is 9.95. The summed E-state index contributed by atoms with van der Waals surface area (Å²) in [5.41, 5.74) is 1.85. The molecule has 2 amide bonds. The first-order chi connectivity index (χ1) is 13.2. The van der Waals surface area contributed by atoms with E-state index in [1.807, 2.05) is 33.8 Å². The van der Waals surface area contributed by atoms with E-state index in [9.17, 15) is 14.4 Å². The van der Waals surface area contributed by atoms with E-state index in [0.29, 0.717) is 11.3 Å². The molecule has 0 bridgehead atoms. The fraction of sp³-hybridized carbons (Fsp3) is 0.571. The lowest BCUT2D eigenvalue weighted by Crippen LogP contribution is -2.47. The summed E-state index contributed by atoms with van der Waals surface area (Å²) >= 11 is 0. The molecule has 0 aromatic heterocycles. The molecule has 2 atom stereocenters. The van der Waals surface area contributed by atoms with Crippen LogP contribution in [0.25, 0.3) is 0 Å². The van der Waals surface area contributed by atoms with Crippen LogP contribution in [0.1, 0.15) is 57.8 Å². The van der Waals surface area contributed by atoms with Crippen LogP contribution in [0.4, 0.5) is 11.4 Å². The molecule has 1 aromatic carbocycles. The van der Waals surface area contributed by atoms with Crippen molar-refractivity contribution in [2.24, 2.45) is 0 Å². The quantitative estimate of drug-likeness (QED) is 0.786. The van der Waals surface area contributed by atoms with Crippen molar-refractivity contribution < 1.29 is 19.1 Å². The Balaban J connectivity index is 1.74. The summed E-state index contributed by atoms with van der Waals surface area (Å²) in [5.74, 6) is -0.831. The highest BCUT2D eigenvalue weighted by Crippen LogP contribution is 2.37. The van der Waals surface area contributed by atoms with Crippen LogP contribution in [-0.2, 0) is 14.3 Å². The Morgan fingerprint density at radius 3 is 2.50 bits per heavy atom. The highest BCUT2D eigenvalue weighted by molar-refractivity contribution is 6.05. The molecule has 1 saturated heterocycles. The van der Waals surface area contributed by atoms with Gasteiger partial charge in [-0.3, -0.25) is 9.59 Å². The van der Waals surface area contributed by atoms with Gasteiger partial charge in [-0.15, -0.1) is 0 Å². The molecule has 0 spiro atoms. The van der Waals surface area contributed by atoms with Crippen molar-refractivity contribution in [2.45, 2.75) is 71.7 Å². The number of carbonyl (C=O) groups excluding carboxylic acids is 3. The molecule has 7 heteroatoms. The second-order valence-corrected chi connectivity index (χ2v) is 8.05. The van der Waals surface area contributed by atoms with Gasteiger partial charge in [0.1, 0.15) is 6.04 Å². The average molecular weight is 387 g/mol. The third-order valence-electron chi connectivity index (χ3n) is 5.35. The van der Waals surface area contributed by atoms with Gasteiger partial charge in [0, 0.05) is 18.6 Å². The molecule has 2 aliphatic rings. The number of fused-ring (bicyclic) bond motifs is 3. The summed E-state index contributed by atoms with van der Waals surface area (Å²) in [7, 11) is 0. The molecule has 2 aliphatic heterocycles. The minimum Gasteiger partial charge on any atom is -0.449 e. The highest BCUT2D eigenvalue weighted by Gasteiger charge is 2.36. The Bertz CT molecular complexity index is 782. The van der Waals surface area contributed by atoms with E-state index in [1.54, 1.807) is 24.0 Å². The van der Waals surface area contributed by atoms with Crippen LogP contribution in [0, 0.1) is 0 Å². The van der Waals surface area contributed by atoms with Crippen LogP contribution >= 0.6 is 0 Å². The van der Waals surface area contributed by atoms with Crippen molar-refractivity contribution in [3.8, 4) is 0 Å². The number of amides is 2. The standard InChI is InChI=1S/C21H29N3O4/c1-12(2)24(13(3)4)20(26)14(5)28-21(27)15-8-9-17-16(11-15)22-19(25)18-7-6-10-23(17)18/h8-9,11-14,18H,6-7,10H2,1-5H3,(H,22,25)/t14-,18-/m1/s1. The molecule has 152 valence electrons. The number of ether oxygens (including phenoxy) is 1. The SMILES string of the molecule is CC(C)N(C(=O)[C@@H](C)OC(=O)c1ccc2c(c1)NC(=O)[C@H]1CCCN21)C(C)C. The molecular formula is C21H29N3O4. The molecule has 28 heavy (non-hydrogen) atoms. The van der Waals surface area contributed by atoms with Gasteiger partial charge in [-0.2, -0.15) is 0 Å². The van der Waals surface area contributed by atoms with Gasteiger partial charge in [0.15, 0.2) is 6.10 Å². The van der Waals surface area contributed by atoms with Crippen LogP contribution < -0.4 is 10.2 Å². The molecular weight excluding hydrogens is 358 g/mol. The van der Waals surface area contributed by atoms with E-state index >= 15 is 0 Å². The fourth-order valence-corrected chi connectivity index (χ4v) is 4.15. The Labute approximate surface area is 166 Å². The normalized spacial score (nSPS) is 19.2. The number of carbonyl (C=O) groups is 3. The number of nitrogens with zero attached hydrogens (tertiary/aromatic N) is 2. The average Bonchev–Trinajstić information content (AvgIpc) is 3.11. The van der Waals surface area contributed by atoms with Crippen molar-refractivity contribution in [2.75, 3.05) is 16.8 Å². The lowest BCUT2D eigenvalue weighted by molar-refractivity contribution is -0.143. The maximum atomic E-state index is 12.7. The third-order valence-corrected chi connectivity index (χ3v) is 5.35. The minimum absolute atomic E-state index is 0.0148. The molecule has 0 aliphatic carbocycles. The second-order valence-electron chi connectivity index (χ2n) is 8.05. The van der Waals surface area contributed by atoms with Crippen LogP contribution in [0.3, 0.4) is 0 Å². The Morgan fingerprint density at radius 2 is 1.86 bits per heavy atom. The van der Waals surface area contributed by atoms with Crippen LogP contribution in [0.5, 0.6) is 0 Å². The maximum Gasteiger partial charge on any atom is 0.338 e. The number of benzene rings is 1. The molecule has 1 N–H and O–H groups in total. The molecule has 1 fully saturated rings. The molecule has 0 unspecified atom stereocenters. The topological polar surface area (TPSA) is 79.0 Å². The van der Waals surface area contributed by atoms with Gasteiger partial charge in [-0.05, 0) is 65.7 Å². The third kappa shape index (κ3) is 3.70. The largest absolute Gasteiger partial charge is 0.449 e. The number of nitrogens with one attached hydrogen (secondary N) is 1. The highest BCUT2D eigenvalue weighted by atomic mass is 16.5. The predicted octanol–water partition coefficient (Wildman–Crippen LogP) is 2.80. The molecule has 1 aromatic rings. The fourth-order valence-electron chi connectivity index (χ4n) is 4.15. The van der Waals surface area contributed by atoms with Gasteiger partial charge in [0.2, 0.25) is 5.91 Å². The van der Waals surface area contributed by atoms with Crippen molar-refractivity contribution in [1.29, 1.82) is 0 Å². The van der Waals surface area contributed by atoms with Crippen molar-refractivity contribution in [1.82, 2.24) is 4.90 Å². The summed E-state index contributed by atoms with van der Waals surface area (Å²) in [6.07, 6.45) is 0.936. The first-order valence-electron chi connectivity index (χ1n) is 9.95. The van der Waals surface area contributed by atoms with E-state index in [-0.39, 0.29) is 29.9 Å².